The lowest BCUT2D eigenvalue weighted by Crippen LogP contribution is -2.18. The molecule has 2 aromatic heterocycles. The number of hydrogen-bond acceptors (Lipinski definition) is 4. The summed E-state index contributed by atoms with van der Waals surface area (Å²) < 4.78 is 1.09. The van der Waals surface area contributed by atoms with Gasteiger partial charge in [0.15, 0.2) is 5.13 Å². The van der Waals surface area contributed by atoms with Gasteiger partial charge in [0, 0.05) is 4.88 Å². The Labute approximate surface area is 82.4 Å². The molecule has 0 spiro atoms. The van der Waals surface area contributed by atoms with Gasteiger partial charge in [-0.3, -0.25) is 5.32 Å². The third-order valence-electron chi connectivity index (χ3n) is 1.44. The number of urea groups is 1. The standard InChI is InChI=1S/C7H7N3OS2/c1-3-2-4-5(12-3)9-7(13-4)10-6(8)11/h2H,1H3,(H3,8,9,10,11). The molecule has 0 unspecified atom stereocenters. The van der Waals surface area contributed by atoms with Crippen LogP contribution in [-0.4, -0.2) is 11.0 Å². The zero-order chi connectivity index (χ0) is 9.42. The van der Waals surface area contributed by atoms with E-state index >= 15 is 0 Å². The summed E-state index contributed by atoms with van der Waals surface area (Å²) in [6, 6.07) is 1.47. The first-order chi connectivity index (χ1) is 6.15. The number of nitrogens with zero attached hydrogens (tertiary/aromatic N) is 1. The van der Waals surface area contributed by atoms with Crippen molar-refractivity contribution in [3.05, 3.63) is 10.9 Å². The zero-order valence-electron chi connectivity index (χ0n) is 6.83. The molecule has 2 rings (SSSR count). The van der Waals surface area contributed by atoms with Crippen LogP contribution < -0.4 is 11.1 Å². The summed E-state index contributed by atoms with van der Waals surface area (Å²) in [6.45, 7) is 2.03. The van der Waals surface area contributed by atoms with Crippen molar-refractivity contribution in [1.82, 2.24) is 4.98 Å². The topological polar surface area (TPSA) is 68.0 Å². The molecule has 0 radical (unpaired) electrons. The third kappa shape index (κ3) is 1.63. The van der Waals surface area contributed by atoms with E-state index in [4.69, 9.17) is 5.73 Å². The van der Waals surface area contributed by atoms with Crippen LogP contribution in [0, 0.1) is 6.92 Å². The Balaban J connectivity index is 2.39. The fraction of sp³-hybridized carbons (Fsp3) is 0.143. The Bertz CT molecular complexity index is 428. The molecule has 68 valence electrons. The molecule has 0 bridgehead atoms. The minimum Gasteiger partial charge on any atom is -0.351 e. The van der Waals surface area contributed by atoms with Gasteiger partial charge in [0.1, 0.15) is 4.83 Å². The number of thiophene rings is 1. The number of fused-ring (bicyclic) bond motifs is 1. The Kier molecular flexibility index (Phi) is 1.93. The molecule has 6 heteroatoms. The summed E-state index contributed by atoms with van der Waals surface area (Å²) in [5, 5.41) is 3.02. The average Bonchev–Trinajstić information content (AvgIpc) is 2.41. The number of amides is 2. The highest BCUT2D eigenvalue weighted by atomic mass is 32.1. The Morgan fingerprint density at radius 3 is 3.00 bits per heavy atom. The number of nitrogens with two attached hydrogens (primary N) is 1. The van der Waals surface area contributed by atoms with Gasteiger partial charge in [-0.1, -0.05) is 11.3 Å². The van der Waals surface area contributed by atoms with Crippen molar-refractivity contribution in [3.63, 3.8) is 0 Å². The van der Waals surface area contributed by atoms with Gasteiger partial charge >= 0.3 is 6.03 Å². The van der Waals surface area contributed by atoms with Crippen LogP contribution in [0.4, 0.5) is 9.93 Å². The molecular weight excluding hydrogens is 206 g/mol. The van der Waals surface area contributed by atoms with Gasteiger partial charge in [-0.05, 0) is 13.0 Å². The van der Waals surface area contributed by atoms with Crippen molar-refractivity contribution in [2.75, 3.05) is 5.32 Å². The number of rotatable bonds is 1. The number of anilines is 1. The van der Waals surface area contributed by atoms with E-state index in [1.807, 2.05) is 13.0 Å². The second kappa shape index (κ2) is 2.97. The maximum absolute atomic E-state index is 10.5. The minimum atomic E-state index is -0.571. The number of aryl methyl sites for hydroxylation is 1. The normalized spacial score (nSPS) is 10.5. The van der Waals surface area contributed by atoms with Gasteiger partial charge in [-0.25, -0.2) is 9.78 Å². The average molecular weight is 213 g/mol. The van der Waals surface area contributed by atoms with Crippen molar-refractivity contribution >= 4 is 43.4 Å². The molecule has 0 aliphatic carbocycles. The van der Waals surface area contributed by atoms with E-state index in [2.05, 4.69) is 10.3 Å². The Morgan fingerprint density at radius 2 is 2.38 bits per heavy atom. The lowest BCUT2D eigenvalue weighted by molar-refractivity contribution is 0.259. The summed E-state index contributed by atoms with van der Waals surface area (Å²) >= 11 is 3.04. The highest BCUT2D eigenvalue weighted by Crippen LogP contribution is 2.32. The summed E-state index contributed by atoms with van der Waals surface area (Å²) in [5.41, 5.74) is 4.96. The molecule has 0 aliphatic rings. The van der Waals surface area contributed by atoms with Crippen LogP contribution >= 0.6 is 22.7 Å². The molecule has 4 nitrogen and oxygen atoms in total. The van der Waals surface area contributed by atoms with E-state index in [0.717, 1.165) is 9.53 Å². The quantitative estimate of drug-likeness (QED) is 0.762. The zero-order valence-corrected chi connectivity index (χ0v) is 8.46. The monoisotopic (exact) mass is 213 g/mol. The molecule has 3 N–H and O–H groups in total. The van der Waals surface area contributed by atoms with Crippen molar-refractivity contribution < 1.29 is 4.79 Å². The molecule has 2 heterocycles. The molecule has 0 saturated carbocycles. The lowest BCUT2D eigenvalue weighted by Gasteiger charge is -1.91. The maximum Gasteiger partial charge on any atom is 0.318 e. The summed E-state index contributed by atoms with van der Waals surface area (Å²) in [4.78, 5) is 16.9. The smallest absolute Gasteiger partial charge is 0.318 e. The molecule has 2 amide bonds. The fourth-order valence-corrected chi connectivity index (χ4v) is 3.03. The number of carbonyl (C=O) groups is 1. The number of nitrogens with one attached hydrogen (secondary N) is 1. The van der Waals surface area contributed by atoms with E-state index in [1.165, 1.54) is 16.2 Å². The number of hydrogen-bond donors (Lipinski definition) is 2. The van der Waals surface area contributed by atoms with Crippen LogP contribution in [-0.2, 0) is 0 Å². The van der Waals surface area contributed by atoms with Crippen LogP contribution in [0.25, 0.3) is 9.53 Å². The molecular formula is C7H7N3OS2. The van der Waals surface area contributed by atoms with Crippen LogP contribution in [0.1, 0.15) is 4.88 Å². The third-order valence-corrected chi connectivity index (χ3v) is 3.43. The maximum atomic E-state index is 10.5. The second-order valence-electron chi connectivity index (χ2n) is 2.53. The largest absolute Gasteiger partial charge is 0.351 e. The van der Waals surface area contributed by atoms with Crippen LogP contribution in [0.2, 0.25) is 0 Å². The summed E-state index contributed by atoms with van der Waals surface area (Å²) in [6.07, 6.45) is 0. The van der Waals surface area contributed by atoms with E-state index in [1.54, 1.807) is 11.3 Å². The second-order valence-corrected chi connectivity index (χ2v) is 4.80. The van der Waals surface area contributed by atoms with Crippen molar-refractivity contribution in [2.45, 2.75) is 6.92 Å². The number of carbonyl (C=O) groups excluding carboxylic acids is 1. The summed E-state index contributed by atoms with van der Waals surface area (Å²) in [5.74, 6) is 0. The Morgan fingerprint density at radius 1 is 1.62 bits per heavy atom. The van der Waals surface area contributed by atoms with Gasteiger partial charge in [0.05, 0.1) is 4.70 Å². The van der Waals surface area contributed by atoms with Gasteiger partial charge in [0.25, 0.3) is 0 Å². The van der Waals surface area contributed by atoms with E-state index < -0.39 is 6.03 Å². The molecule has 0 fully saturated rings. The molecule has 0 aromatic carbocycles. The molecule has 0 saturated heterocycles. The van der Waals surface area contributed by atoms with Gasteiger partial charge < -0.3 is 5.73 Å². The van der Waals surface area contributed by atoms with E-state index in [-0.39, 0.29) is 0 Å². The SMILES string of the molecule is Cc1cc2sc(NC(N)=O)nc2s1. The van der Waals surface area contributed by atoms with E-state index in [0.29, 0.717) is 5.13 Å². The molecule has 0 aliphatic heterocycles. The highest BCUT2D eigenvalue weighted by Gasteiger charge is 2.07. The van der Waals surface area contributed by atoms with Crippen LogP contribution in [0.3, 0.4) is 0 Å². The first-order valence-electron chi connectivity index (χ1n) is 3.58. The predicted octanol–water partition coefficient (Wildman–Crippen LogP) is 2.16. The lowest BCUT2D eigenvalue weighted by atomic mass is 10.5. The molecule has 0 atom stereocenters. The number of thiazole rings is 1. The van der Waals surface area contributed by atoms with Crippen molar-refractivity contribution in [1.29, 1.82) is 0 Å². The predicted molar refractivity (Wildman–Crippen MR) is 55.4 cm³/mol. The fourth-order valence-electron chi connectivity index (χ4n) is 1.01. The van der Waals surface area contributed by atoms with Crippen LogP contribution in [0.5, 0.6) is 0 Å². The first-order valence-corrected chi connectivity index (χ1v) is 5.22. The van der Waals surface area contributed by atoms with Gasteiger partial charge in [-0.15, -0.1) is 11.3 Å². The van der Waals surface area contributed by atoms with E-state index in [9.17, 15) is 4.79 Å². The van der Waals surface area contributed by atoms with Crippen molar-refractivity contribution in [2.24, 2.45) is 5.73 Å². The first kappa shape index (κ1) is 8.46. The molecule has 2 aromatic rings. The minimum absolute atomic E-state index is 0.564. The summed E-state index contributed by atoms with van der Waals surface area (Å²) in [7, 11) is 0. The number of aromatic nitrogens is 1. The molecule has 13 heavy (non-hydrogen) atoms. The van der Waals surface area contributed by atoms with Gasteiger partial charge in [-0.2, -0.15) is 0 Å². The van der Waals surface area contributed by atoms with Gasteiger partial charge in [0.2, 0.25) is 0 Å². The van der Waals surface area contributed by atoms with Crippen LogP contribution in [0.15, 0.2) is 6.07 Å². The van der Waals surface area contributed by atoms with Crippen molar-refractivity contribution in [3.8, 4) is 0 Å². The number of primary amides is 1. The highest BCUT2D eigenvalue weighted by molar-refractivity contribution is 7.29. The Hall–Kier alpha value is -1.14.